The van der Waals surface area contributed by atoms with Crippen molar-refractivity contribution in [3.63, 3.8) is 0 Å². The van der Waals surface area contributed by atoms with Crippen LogP contribution in [0.4, 0.5) is 56.9 Å². The van der Waals surface area contributed by atoms with E-state index in [9.17, 15) is 0 Å². The highest BCUT2D eigenvalue weighted by atomic mass is 32.1. The van der Waals surface area contributed by atoms with Crippen LogP contribution in [0, 0.1) is 34.6 Å². The monoisotopic (exact) mass is 1110 g/mol. The minimum Gasteiger partial charge on any atom is -0.360 e. The van der Waals surface area contributed by atoms with E-state index in [4.69, 9.17) is 0 Å². The van der Waals surface area contributed by atoms with Gasteiger partial charge in [0.05, 0.1) is 17.1 Å². The van der Waals surface area contributed by atoms with Crippen LogP contribution in [0.1, 0.15) is 129 Å². The number of benzene rings is 9. The lowest BCUT2D eigenvalue weighted by atomic mass is 9.33. The zero-order valence-corrected chi connectivity index (χ0v) is 52.4. The van der Waals surface area contributed by atoms with Gasteiger partial charge >= 0.3 is 6.98 Å². The Hall–Kier alpha value is -7.99. The van der Waals surface area contributed by atoms with Crippen molar-refractivity contribution in [3.8, 4) is 0 Å². The van der Waals surface area contributed by atoms with Gasteiger partial charge in [-0.2, -0.15) is 0 Å². The summed E-state index contributed by atoms with van der Waals surface area (Å²) >= 11 is 1.95. The number of para-hydroxylation sites is 2. The number of fused-ring (bicyclic) bond motifs is 8. The van der Waals surface area contributed by atoms with E-state index in [2.05, 4.69) is 298 Å². The second-order valence-corrected chi connectivity index (χ2v) is 28.7. The van der Waals surface area contributed by atoms with Gasteiger partial charge in [-0.3, -0.25) is 0 Å². The first-order valence-corrected chi connectivity index (χ1v) is 31.3. The third-order valence-corrected chi connectivity index (χ3v) is 19.9. The van der Waals surface area contributed by atoms with Crippen molar-refractivity contribution in [2.45, 2.75) is 126 Å². The summed E-state index contributed by atoms with van der Waals surface area (Å²) in [7, 11) is 0. The molecule has 3 aliphatic heterocycles. The average molecular weight is 1110 g/mol. The highest BCUT2D eigenvalue weighted by molar-refractivity contribution is 7.20. The van der Waals surface area contributed by atoms with Crippen molar-refractivity contribution in [1.29, 1.82) is 0 Å². The average Bonchev–Trinajstić information content (AvgIpc) is 1.05. The number of anilines is 10. The fraction of sp³-hybridized carbons (Fsp3) is 0.247. The molecular formula is C77H76B2N4S. The lowest BCUT2D eigenvalue weighted by molar-refractivity contribution is 0.589. The molecule has 4 aliphatic rings. The molecule has 10 aromatic rings. The molecule has 0 amide bonds. The Bertz CT molecular complexity index is 4300. The molecule has 14 rings (SSSR count). The SMILES string of the molecule is Cc1cc2c3c(c1)N(c1c(C)cc(C4=CCCc5c4sc4ccccc54)cc1C)c1cc4c(cc1B3c1ccc(C(C)(C)C)cc1N2c1ccc(C(C)(C)C)cc1)N(c1ccccc1)B(c1c(C)cc(C(C)(C)C)cc1C)N4c1ccccc1. The fourth-order valence-electron chi connectivity index (χ4n) is 14.6. The standard InChI is InChI=1S/C77H76B2N4S/c1-47-38-68-72-69(39-47)81(73-50(4)40-52(41-51(73)5)59-29-23-30-61-60-28-21-22-31-70(60)84-74(59)61)65-46-67-66(45-63(65)78(72)62-37-34-54(76(9,10)11)44-64(62)80(68)56-35-32-53(33-36-56)75(6,7)8)82(57-24-17-15-18-25-57)79(83(67)58-26-19-16-20-27-58)71-48(2)42-55(43-49(71)3)77(12,13)14/h15-22,24-29,31-46H,23,30H2,1-14H3. The smallest absolute Gasteiger partial charge is 0.360 e. The van der Waals surface area contributed by atoms with Crippen LogP contribution in [0.2, 0.25) is 0 Å². The molecule has 9 aromatic carbocycles. The van der Waals surface area contributed by atoms with E-state index in [0.717, 1.165) is 24.2 Å². The van der Waals surface area contributed by atoms with Gasteiger partial charge in [-0.05, 0) is 226 Å². The molecule has 1 aromatic heterocycles. The highest BCUT2D eigenvalue weighted by Crippen LogP contribution is 2.54. The summed E-state index contributed by atoms with van der Waals surface area (Å²) in [5.74, 6) is 0. The van der Waals surface area contributed by atoms with Crippen LogP contribution in [0.25, 0.3) is 15.7 Å². The number of aryl methyl sites for hydroxylation is 6. The van der Waals surface area contributed by atoms with E-state index in [0.29, 0.717) is 0 Å². The summed E-state index contributed by atoms with van der Waals surface area (Å²) in [5.41, 5.74) is 31.8. The minimum atomic E-state index is -0.193. The number of hydrogen-bond acceptors (Lipinski definition) is 5. The second-order valence-electron chi connectivity index (χ2n) is 27.6. The van der Waals surface area contributed by atoms with Gasteiger partial charge in [0.2, 0.25) is 0 Å². The van der Waals surface area contributed by atoms with Gasteiger partial charge in [0, 0.05) is 49.4 Å². The Kier molecular flexibility index (Phi) is 12.6. The molecule has 0 radical (unpaired) electrons. The first-order valence-electron chi connectivity index (χ1n) is 30.4. The molecule has 0 saturated heterocycles. The normalized spacial score (nSPS) is 14.6. The van der Waals surface area contributed by atoms with Gasteiger partial charge < -0.3 is 19.4 Å². The fourth-order valence-corrected chi connectivity index (χ4v) is 15.9. The number of allylic oxidation sites excluding steroid dienone is 1. The molecule has 416 valence electrons. The van der Waals surface area contributed by atoms with Crippen LogP contribution < -0.4 is 41.3 Å². The van der Waals surface area contributed by atoms with Gasteiger partial charge in [0.15, 0.2) is 0 Å². The largest absolute Gasteiger partial charge is 0.421 e. The Labute approximate surface area is 504 Å². The van der Waals surface area contributed by atoms with Crippen LogP contribution in [-0.2, 0) is 22.7 Å². The summed E-state index contributed by atoms with van der Waals surface area (Å²) in [6.07, 6.45) is 4.62. The molecule has 0 saturated carbocycles. The van der Waals surface area contributed by atoms with E-state index in [1.54, 1.807) is 0 Å². The lowest BCUT2D eigenvalue weighted by Crippen LogP contribution is -2.61. The molecule has 0 unspecified atom stereocenters. The summed E-state index contributed by atoms with van der Waals surface area (Å²) in [4.78, 5) is 12.0. The molecule has 0 atom stereocenters. The Morgan fingerprint density at radius 3 is 1.58 bits per heavy atom. The molecule has 4 heterocycles. The van der Waals surface area contributed by atoms with Crippen molar-refractivity contribution in [2.24, 2.45) is 0 Å². The molecule has 0 N–H and O–H groups in total. The maximum atomic E-state index is 2.69. The molecule has 84 heavy (non-hydrogen) atoms. The summed E-state index contributed by atoms with van der Waals surface area (Å²) < 4.78 is 1.37. The topological polar surface area (TPSA) is 13.0 Å². The van der Waals surface area contributed by atoms with E-state index >= 15 is 0 Å². The Morgan fingerprint density at radius 2 is 0.976 bits per heavy atom. The zero-order valence-electron chi connectivity index (χ0n) is 51.6. The van der Waals surface area contributed by atoms with E-state index < -0.39 is 0 Å². The first-order chi connectivity index (χ1) is 40.1. The van der Waals surface area contributed by atoms with Crippen molar-refractivity contribution < 1.29 is 0 Å². The van der Waals surface area contributed by atoms with Gasteiger partial charge in [-0.1, -0.05) is 171 Å². The number of thiophene rings is 1. The number of rotatable bonds is 6. The van der Waals surface area contributed by atoms with Crippen LogP contribution in [0.5, 0.6) is 0 Å². The quantitative estimate of drug-likeness (QED) is 0.154. The third kappa shape index (κ3) is 8.61. The van der Waals surface area contributed by atoms with E-state index in [1.807, 2.05) is 11.3 Å². The van der Waals surface area contributed by atoms with Crippen LogP contribution in [0.15, 0.2) is 182 Å². The summed E-state index contributed by atoms with van der Waals surface area (Å²) in [5, 5.41) is 1.41. The molecule has 7 heteroatoms. The van der Waals surface area contributed by atoms with Gasteiger partial charge in [0.25, 0.3) is 6.71 Å². The van der Waals surface area contributed by atoms with Crippen molar-refractivity contribution in [3.05, 3.63) is 243 Å². The summed E-state index contributed by atoms with van der Waals surface area (Å²) in [6, 6.07) is 68.3. The van der Waals surface area contributed by atoms with Gasteiger partial charge in [0.1, 0.15) is 0 Å². The zero-order chi connectivity index (χ0) is 58.5. The molecule has 4 nitrogen and oxygen atoms in total. The van der Waals surface area contributed by atoms with E-state index in [-0.39, 0.29) is 29.9 Å². The molecule has 0 fully saturated rings. The molecule has 0 spiro atoms. The number of nitrogens with zero attached hydrogens (tertiary/aromatic N) is 4. The maximum absolute atomic E-state index is 2.69. The second kappa shape index (κ2) is 19.5. The van der Waals surface area contributed by atoms with E-state index in [1.165, 1.54) is 144 Å². The molecule has 1 aliphatic carbocycles. The molecular weight excluding hydrogens is 1030 g/mol. The van der Waals surface area contributed by atoms with Crippen molar-refractivity contribution in [2.75, 3.05) is 19.4 Å². The predicted molar refractivity (Wildman–Crippen MR) is 366 cm³/mol. The van der Waals surface area contributed by atoms with Crippen molar-refractivity contribution >= 4 is 119 Å². The highest BCUT2D eigenvalue weighted by Gasteiger charge is 2.50. The lowest BCUT2D eigenvalue weighted by Gasteiger charge is -2.45. The Morgan fingerprint density at radius 1 is 0.429 bits per heavy atom. The van der Waals surface area contributed by atoms with Gasteiger partial charge in [-0.15, -0.1) is 11.3 Å². The number of hydrogen-bond donors (Lipinski definition) is 0. The van der Waals surface area contributed by atoms with Crippen LogP contribution in [0.3, 0.4) is 0 Å². The first kappa shape index (κ1) is 54.0. The maximum Gasteiger partial charge on any atom is 0.421 e. The minimum absolute atomic E-state index is 0.00158. The van der Waals surface area contributed by atoms with Crippen LogP contribution in [-0.4, -0.2) is 13.7 Å². The molecule has 0 bridgehead atoms. The predicted octanol–water partition coefficient (Wildman–Crippen LogP) is 18.5. The third-order valence-electron chi connectivity index (χ3n) is 18.7. The summed E-state index contributed by atoms with van der Waals surface area (Å²) in [6.45, 7) is 32.4. The van der Waals surface area contributed by atoms with Gasteiger partial charge in [-0.25, -0.2) is 0 Å². The Balaban J connectivity index is 1.07. The van der Waals surface area contributed by atoms with Crippen LogP contribution >= 0.6 is 11.3 Å². The van der Waals surface area contributed by atoms with Crippen molar-refractivity contribution in [1.82, 2.24) is 0 Å².